The zero-order chi connectivity index (χ0) is 17.4. The Morgan fingerprint density at radius 2 is 1.72 bits per heavy atom. The number of nitrogens with one attached hydrogen (secondary N) is 2. The molecule has 128 valence electrons. The van der Waals surface area contributed by atoms with E-state index in [1.807, 2.05) is 0 Å². The zero-order valence-electron chi connectivity index (χ0n) is 15.3. The second-order valence-corrected chi connectivity index (χ2v) is 7.71. The summed E-state index contributed by atoms with van der Waals surface area (Å²) in [6, 6.07) is 17.7. The monoisotopic (exact) mass is 330 g/mol. The molecule has 4 rings (SSSR count). The van der Waals surface area contributed by atoms with Crippen molar-refractivity contribution >= 4 is 21.8 Å². The SMILES string of the molecule is CC(C)Cc1ccc2c(CC(C)c3cc4ccccc4[nH]3)c[nH]c2c1. The molecule has 2 N–H and O–H groups in total. The lowest BCUT2D eigenvalue weighted by Crippen LogP contribution is -1.98. The first-order valence-electron chi connectivity index (χ1n) is 9.26. The van der Waals surface area contributed by atoms with E-state index < -0.39 is 0 Å². The largest absolute Gasteiger partial charge is 0.361 e. The van der Waals surface area contributed by atoms with E-state index in [2.05, 4.69) is 85.5 Å². The van der Waals surface area contributed by atoms with Gasteiger partial charge in [-0.25, -0.2) is 0 Å². The second-order valence-electron chi connectivity index (χ2n) is 7.71. The molecule has 0 bridgehead atoms. The van der Waals surface area contributed by atoms with Gasteiger partial charge >= 0.3 is 0 Å². The summed E-state index contributed by atoms with van der Waals surface area (Å²) in [4.78, 5) is 7.05. The number of aromatic nitrogens is 2. The first-order valence-corrected chi connectivity index (χ1v) is 9.26. The Balaban J connectivity index is 1.59. The normalized spacial score (nSPS) is 13.1. The minimum absolute atomic E-state index is 0.460. The van der Waals surface area contributed by atoms with E-state index in [9.17, 15) is 0 Å². The number of hydrogen-bond acceptors (Lipinski definition) is 0. The van der Waals surface area contributed by atoms with Gasteiger partial charge in [0.05, 0.1) is 0 Å². The van der Waals surface area contributed by atoms with Gasteiger partial charge in [-0.15, -0.1) is 0 Å². The van der Waals surface area contributed by atoms with Gasteiger partial charge in [0.15, 0.2) is 0 Å². The lowest BCUT2D eigenvalue weighted by molar-refractivity contribution is 0.648. The number of hydrogen-bond donors (Lipinski definition) is 2. The molecule has 0 saturated heterocycles. The lowest BCUT2D eigenvalue weighted by atomic mass is 9.96. The predicted octanol–water partition coefficient (Wildman–Crippen LogP) is 6.19. The molecule has 0 fully saturated rings. The van der Waals surface area contributed by atoms with Crippen LogP contribution >= 0.6 is 0 Å². The highest BCUT2D eigenvalue weighted by Gasteiger charge is 2.13. The third-order valence-corrected chi connectivity index (χ3v) is 5.08. The van der Waals surface area contributed by atoms with Crippen molar-refractivity contribution in [2.45, 2.75) is 39.5 Å². The Kier molecular flexibility index (Phi) is 4.12. The third kappa shape index (κ3) is 3.21. The summed E-state index contributed by atoms with van der Waals surface area (Å²) in [5.41, 5.74) is 6.61. The summed E-state index contributed by atoms with van der Waals surface area (Å²) < 4.78 is 0. The van der Waals surface area contributed by atoms with Crippen LogP contribution in [0.5, 0.6) is 0 Å². The van der Waals surface area contributed by atoms with Crippen LogP contribution in [0.4, 0.5) is 0 Å². The summed E-state index contributed by atoms with van der Waals surface area (Å²) in [5.74, 6) is 1.15. The maximum absolute atomic E-state index is 3.58. The fraction of sp³-hybridized carbons (Fsp3) is 0.304. The molecule has 1 unspecified atom stereocenters. The quantitative estimate of drug-likeness (QED) is 0.437. The van der Waals surface area contributed by atoms with Crippen LogP contribution in [0.1, 0.15) is 43.5 Å². The summed E-state index contributed by atoms with van der Waals surface area (Å²) in [6.45, 7) is 6.84. The van der Waals surface area contributed by atoms with Gasteiger partial charge in [0.25, 0.3) is 0 Å². The van der Waals surface area contributed by atoms with Crippen molar-refractivity contribution < 1.29 is 0 Å². The van der Waals surface area contributed by atoms with Crippen LogP contribution in [0.3, 0.4) is 0 Å². The zero-order valence-corrected chi connectivity index (χ0v) is 15.3. The highest BCUT2D eigenvalue weighted by molar-refractivity contribution is 5.84. The molecule has 0 saturated carbocycles. The van der Waals surface area contributed by atoms with E-state index in [0.717, 1.165) is 12.8 Å². The summed E-state index contributed by atoms with van der Waals surface area (Å²) in [5, 5.41) is 2.65. The molecule has 2 heteroatoms. The Bertz CT molecular complexity index is 970. The van der Waals surface area contributed by atoms with Gasteiger partial charge in [-0.05, 0) is 53.5 Å². The smallest absolute Gasteiger partial charge is 0.0459 e. The summed E-state index contributed by atoms with van der Waals surface area (Å²) in [6.07, 6.45) is 4.36. The van der Waals surface area contributed by atoms with Crippen molar-refractivity contribution in [1.29, 1.82) is 0 Å². The maximum atomic E-state index is 3.58. The highest BCUT2D eigenvalue weighted by atomic mass is 14.7. The van der Waals surface area contributed by atoms with Crippen molar-refractivity contribution in [2.24, 2.45) is 5.92 Å². The minimum Gasteiger partial charge on any atom is -0.361 e. The maximum Gasteiger partial charge on any atom is 0.0459 e. The molecule has 2 aromatic heterocycles. The van der Waals surface area contributed by atoms with E-state index >= 15 is 0 Å². The molecule has 0 amide bonds. The van der Waals surface area contributed by atoms with Gasteiger partial charge in [-0.2, -0.15) is 0 Å². The van der Waals surface area contributed by atoms with Crippen molar-refractivity contribution in [3.63, 3.8) is 0 Å². The number of H-pyrrole nitrogens is 2. The molecule has 0 aliphatic carbocycles. The fourth-order valence-electron chi connectivity index (χ4n) is 3.80. The van der Waals surface area contributed by atoms with E-state index in [1.165, 1.54) is 38.6 Å². The molecular weight excluding hydrogens is 304 g/mol. The van der Waals surface area contributed by atoms with Crippen LogP contribution in [0.25, 0.3) is 21.8 Å². The topological polar surface area (TPSA) is 31.6 Å². The predicted molar refractivity (Wildman–Crippen MR) is 107 cm³/mol. The van der Waals surface area contributed by atoms with Gasteiger partial charge in [0, 0.05) is 34.2 Å². The number of aromatic amines is 2. The van der Waals surface area contributed by atoms with Crippen molar-refractivity contribution in [1.82, 2.24) is 9.97 Å². The number of rotatable bonds is 5. The molecule has 4 aromatic rings. The number of benzene rings is 2. The first-order chi connectivity index (χ1) is 12.1. The standard InChI is InChI=1S/C23H26N2/c1-15(2)10-17-8-9-20-19(14-24-23(20)12-17)11-16(3)22-13-18-6-4-5-7-21(18)25-22/h4-9,12-16,24-25H,10-11H2,1-3H3. The summed E-state index contributed by atoms with van der Waals surface area (Å²) in [7, 11) is 0. The van der Waals surface area contributed by atoms with Gasteiger partial charge in [0.2, 0.25) is 0 Å². The highest BCUT2D eigenvalue weighted by Crippen LogP contribution is 2.28. The average molecular weight is 330 g/mol. The van der Waals surface area contributed by atoms with Crippen molar-refractivity contribution in [3.05, 3.63) is 71.5 Å². The van der Waals surface area contributed by atoms with E-state index in [4.69, 9.17) is 0 Å². The van der Waals surface area contributed by atoms with Gasteiger partial charge in [0.1, 0.15) is 0 Å². The molecule has 0 radical (unpaired) electrons. The fourth-order valence-corrected chi connectivity index (χ4v) is 3.80. The van der Waals surface area contributed by atoms with Crippen molar-refractivity contribution in [3.8, 4) is 0 Å². The Morgan fingerprint density at radius 3 is 2.52 bits per heavy atom. The molecule has 25 heavy (non-hydrogen) atoms. The molecule has 2 heterocycles. The van der Waals surface area contributed by atoms with E-state index in [-0.39, 0.29) is 0 Å². The Labute approximate surface area is 149 Å². The molecular formula is C23H26N2. The van der Waals surface area contributed by atoms with Gasteiger partial charge in [-0.3, -0.25) is 0 Å². The van der Waals surface area contributed by atoms with Crippen LogP contribution in [0.15, 0.2) is 54.7 Å². The molecule has 0 aliphatic heterocycles. The second kappa shape index (κ2) is 6.44. The van der Waals surface area contributed by atoms with Gasteiger partial charge in [-0.1, -0.05) is 51.1 Å². The van der Waals surface area contributed by atoms with Crippen LogP contribution in [-0.2, 0) is 12.8 Å². The third-order valence-electron chi connectivity index (χ3n) is 5.08. The molecule has 1 atom stereocenters. The average Bonchev–Trinajstić information content (AvgIpc) is 3.18. The molecule has 0 spiro atoms. The summed E-state index contributed by atoms with van der Waals surface area (Å²) >= 11 is 0. The van der Waals surface area contributed by atoms with E-state index in [0.29, 0.717) is 11.8 Å². The van der Waals surface area contributed by atoms with Crippen molar-refractivity contribution in [2.75, 3.05) is 0 Å². The van der Waals surface area contributed by atoms with Gasteiger partial charge < -0.3 is 9.97 Å². The van der Waals surface area contributed by atoms with Crippen LogP contribution in [0.2, 0.25) is 0 Å². The van der Waals surface area contributed by atoms with Crippen LogP contribution in [-0.4, -0.2) is 9.97 Å². The van der Waals surface area contributed by atoms with E-state index in [1.54, 1.807) is 0 Å². The number of fused-ring (bicyclic) bond motifs is 2. The first kappa shape index (κ1) is 16.0. The number of para-hydroxylation sites is 1. The van der Waals surface area contributed by atoms with Crippen LogP contribution < -0.4 is 0 Å². The molecule has 2 aromatic carbocycles. The lowest BCUT2D eigenvalue weighted by Gasteiger charge is -2.09. The van der Waals surface area contributed by atoms with Crippen LogP contribution in [0, 0.1) is 5.92 Å². The molecule has 0 aliphatic rings. The molecule has 2 nitrogen and oxygen atoms in total. The Morgan fingerprint density at radius 1 is 0.880 bits per heavy atom. The minimum atomic E-state index is 0.460. The Hall–Kier alpha value is -2.48.